The Morgan fingerprint density at radius 3 is 2.88 bits per heavy atom. The minimum atomic E-state index is -0.147. The van der Waals surface area contributed by atoms with E-state index in [-0.39, 0.29) is 5.69 Å². The Bertz CT molecular complexity index is 854. The molecule has 0 bridgehead atoms. The summed E-state index contributed by atoms with van der Waals surface area (Å²) in [4.78, 5) is 16.4. The molecule has 0 spiro atoms. The first-order chi connectivity index (χ1) is 11.7. The molecule has 0 aliphatic rings. The highest BCUT2D eigenvalue weighted by Crippen LogP contribution is 2.27. The van der Waals surface area contributed by atoms with Gasteiger partial charge in [-0.2, -0.15) is 0 Å². The molecule has 2 heterocycles. The van der Waals surface area contributed by atoms with Gasteiger partial charge in [0.15, 0.2) is 5.16 Å². The first-order valence-electron chi connectivity index (χ1n) is 7.65. The molecule has 0 unspecified atom stereocenters. The van der Waals surface area contributed by atoms with Crippen LogP contribution in [0, 0.1) is 0 Å². The number of rotatable bonds is 7. The maximum Gasteiger partial charge on any atom is 0.343 e. The summed E-state index contributed by atoms with van der Waals surface area (Å²) < 4.78 is 1.70. The Kier molecular flexibility index (Phi) is 5.76. The number of unbranched alkanes of at least 4 members (excludes halogenated alkanes) is 1. The number of aromatic nitrogens is 4. The lowest BCUT2D eigenvalue weighted by Gasteiger charge is -2.03. The SMILES string of the molecule is CCCCn1c(SCc2csc(-c3ccc(Cl)cc3)n2)n[nH]c1=O. The number of nitrogens with one attached hydrogen (secondary N) is 1. The van der Waals surface area contributed by atoms with Crippen molar-refractivity contribution in [1.29, 1.82) is 0 Å². The molecule has 1 N–H and O–H groups in total. The van der Waals surface area contributed by atoms with Gasteiger partial charge in [-0.15, -0.1) is 16.4 Å². The highest BCUT2D eigenvalue weighted by atomic mass is 35.5. The number of benzene rings is 1. The number of aromatic amines is 1. The Labute approximate surface area is 153 Å². The smallest absolute Gasteiger partial charge is 0.270 e. The van der Waals surface area contributed by atoms with Crippen molar-refractivity contribution in [2.24, 2.45) is 0 Å². The molecule has 0 aliphatic carbocycles. The molecule has 3 aromatic rings. The zero-order valence-electron chi connectivity index (χ0n) is 13.2. The summed E-state index contributed by atoms with van der Waals surface area (Å²) in [7, 11) is 0. The van der Waals surface area contributed by atoms with E-state index in [0.717, 1.165) is 39.3 Å². The van der Waals surface area contributed by atoms with Crippen LogP contribution in [0.2, 0.25) is 5.02 Å². The molecule has 0 atom stereocenters. The molecule has 0 saturated carbocycles. The Hall–Kier alpha value is -1.57. The number of nitrogens with zero attached hydrogens (tertiary/aromatic N) is 3. The number of thioether (sulfide) groups is 1. The molecule has 3 rings (SSSR count). The second-order valence-electron chi connectivity index (χ2n) is 5.26. The van der Waals surface area contributed by atoms with Crippen LogP contribution in [-0.2, 0) is 12.3 Å². The lowest BCUT2D eigenvalue weighted by atomic mass is 10.2. The molecule has 1 aromatic carbocycles. The van der Waals surface area contributed by atoms with Gasteiger partial charge >= 0.3 is 5.69 Å². The van der Waals surface area contributed by atoms with Gasteiger partial charge in [0.05, 0.1) is 5.69 Å². The maximum absolute atomic E-state index is 11.8. The summed E-state index contributed by atoms with van der Waals surface area (Å²) in [5, 5.41) is 11.1. The number of hydrogen-bond acceptors (Lipinski definition) is 5. The summed E-state index contributed by atoms with van der Waals surface area (Å²) in [5.41, 5.74) is 1.89. The van der Waals surface area contributed by atoms with Crippen LogP contribution in [0.5, 0.6) is 0 Å². The molecule has 126 valence electrons. The zero-order valence-corrected chi connectivity index (χ0v) is 15.5. The van der Waals surface area contributed by atoms with E-state index in [1.807, 2.05) is 29.6 Å². The predicted molar refractivity (Wildman–Crippen MR) is 99.9 cm³/mol. The molecule has 0 radical (unpaired) electrons. The van der Waals surface area contributed by atoms with Crippen LogP contribution in [0.1, 0.15) is 25.5 Å². The summed E-state index contributed by atoms with van der Waals surface area (Å²) in [6.07, 6.45) is 2.00. The molecule has 0 aliphatic heterocycles. The largest absolute Gasteiger partial charge is 0.343 e. The molecular formula is C16H17ClN4OS2. The summed E-state index contributed by atoms with van der Waals surface area (Å²) in [6.45, 7) is 2.80. The van der Waals surface area contributed by atoms with E-state index in [9.17, 15) is 4.79 Å². The van der Waals surface area contributed by atoms with E-state index in [4.69, 9.17) is 11.6 Å². The summed E-state index contributed by atoms with van der Waals surface area (Å²) in [6, 6.07) is 7.66. The average Bonchev–Trinajstić information content (AvgIpc) is 3.19. The molecular weight excluding hydrogens is 364 g/mol. The van der Waals surface area contributed by atoms with E-state index < -0.39 is 0 Å². The van der Waals surface area contributed by atoms with Crippen LogP contribution < -0.4 is 5.69 Å². The van der Waals surface area contributed by atoms with Gasteiger partial charge in [-0.1, -0.05) is 48.8 Å². The fraction of sp³-hybridized carbons (Fsp3) is 0.312. The van der Waals surface area contributed by atoms with Crippen molar-refractivity contribution in [2.45, 2.75) is 37.2 Å². The van der Waals surface area contributed by atoms with Gasteiger partial charge in [0.2, 0.25) is 0 Å². The van der Waals surface area contributed by atoms with Gasteiger partial charge in [-0.05, 0) is 18.6 Å². The van der Waals surface area contributed by atoms with Crippen molar-refractivity contribution in [3.05, 3.63) is 50.8 Å². The van der Waals surface area contributed by atoms with Gasteiger partial charge in [-0.25, -0.2) is 14.9 Å². The third-order valence-corrected chi connectivity index (χ3v) is 5.65. The first kappa shape index (κ1) is 17.3. The zero-order chi connectivity index (χ0) is 16.9. The highest BCUT2D eigenvalue weighted by molar-refractivity contribution is 7.98. The molecule has 24 heavy (non-hydrogen) atoms. The van der Waals surface area contributed by atoms with Crippen molar-refractivity contribution < 1.29 is 0 Å². The minimum Gasteiger partial charge on any atom is -0.270 e. The average molecular weight is 381 g/mol. The molecule has 0 saturated heterocycles. The standard InChI is InChI=1S/C16H17ClN4OS2/c1-2-3-8-21-15(22)19-20-16(21)24-10-13-9-23-14(18-13)11-4-6-12(17)7-5-11/h4-7,9H,2-3,8,10H2,1H3,(H,19,22). The van der Waals surface area contributed by atoms with Crippen LogP contribution in [-0.4, -0.2) is 19.7 Å². The van der Waals surface area contributed by atoms with E-state index in [2.05, 4.69) is 22.1 Å². The predicted octanol–water partition coefficient (Wildman–Crippen LogP) is 4.44. The van der Waals surface area contributed by atoms with Crippen molar-refractivity contribution >= 4 is 34.7 Å². The fourth-order valence-electron chi connectivity index (χ4n) is 2.16. The Balaban J connectivity index is 1.68. The van der Waals surface area contributed by atoms with E-state index in [1.165, 1.54) is 11.8 Å². The third kappa shape index (κ3) is 4.09. The number of thiazole rings is 1. The van der Waals surface area contributed by atoms with Gasteiger partial charge in [0, 0.05) is 28.3 Å². The third-order valence-electron chi connectivity index (χ3n) is 3.45. The number of H-pyrrole nitrogens is 1. The number of halogens is 1. The normalized spacial score (nSPS) is 11.1. The van der Waals surface area contributed by atoms with E-state index in [1.54, 1.807) is 15.9 Å². The van der Waals surface area contributed by atoms with Gasteiger partial charge < -0.3 is 0 Å². The minimum absolute atomic E-state index is 0.147. The number of hydrogen-bond donors (Lipinski definition) is 1. The summed E-state index contributed by atoms with van der Waals surface area (Å²) >= 11 is 9.05. The van der Waals surface area contributed by atoms with Crippen LogP contribution in [0.3, 0.4) is 0 Å². The maximum atomic E-state index is 11.8. The highest BCUT2D eigenvalue weighted by Gasteiger charge is 2.11. The Morgan fingerprint density at radius 2 is 2.12 bits per heavy atom. The monoisotopic (exact) mass is 380 g/mol. The van der Waals surface area contributed by atoms with Crippen LogP contribution in [0.4, 0.5) is 0 Å². The molecule has 8 heteroatoms. The van der Waals surface area contributed by atoms with Gasteiger partial charge in [-0.3, -0.25) is 4.57 Å². The van der Waals surface area contributed by atoms with Gasteiger partial charge in [0.1, 0.15) is 5.01 Å². The molecule has 5 nitrogen and oxygen atoms in total. The topological polar surface area (TPSA) is 63.6 Å². The van der Waals surface area contributed by atoms with Crippen LogP contribution in [0.15, 0.2) is 39.6 Å². The quantitative estimate of drug-likeness (QED) is 0.615. The summed E-state index contributed by atoms with van der Waals surface area (Å²) in [5.74, 6) is 0.681. The van der Waals surface area contributed by atoms with Crippen LogP contribution >= 0.6 is 34.7 Å². The van der Waals surface area contributed by atoms with Gasteiger partial charge in [0.25, 0.3) is 0 Å². The van der Waals surface area contributed by atoms with Crippen molar-refractivity contribution in [2.75, 3.05) is 0 Å². The fourth-order valence-corrected chi connectivity index (χ4v) is 4.09. The van der Waals surface area contributed by atoms with Crippen LogP contribution in [0.25, 0.3) is 10.6 Å². The molecule has 2 aromatic heterocycles. The van der Waals surface area contributed by atoms with Crippen molar-refractivity contribution in [3.8, 4) is 10.6 Å². The lowest BCUT2D eigenvalue weighted by Crippen LogP contribution is -2.17. The molecule has 0 fully saturated rings. The lowest BCUT2D eigenvalue weighted by molar-refractivity contribution is 0.573. The second-order valence-corrected chi connectivity index (χ2v) is 7.49. The van der Waals surface area contributed by atoms with E-state index >= 15 is 0 Å². The van der Waals surface area contributed by atoms with Crippen molar-refractivity contribution in [1.82, 2.24) is 19.7 Å². The second kappa shape index (κ2) is 8.00. The Morgan fingerprint density at radius 1 is 1.33 bits per heavy atom. The first-order valence-corrected chi connectivity index (χ1v) is 9.90. The van der Waals surface area contributed by atoms with Crippen molar-refractivity contribution in [3.63, 3.8) is 0 Å². The molecule has 0 amide bonds. The van der Waals surface area contributed by atoms with E-state index in [0.29, 0.717) is 12.3 Å².